The molecule has 0 saturated carbocycles. The van der Waals surface area contributed by atoms with Crippen LogP contribution in [0.4, 0.5) is 11.6 Å². The number of nitrogens with one attached hydrogen (secondary N) is 1. The second-order valence-electron chi connectivity index (χ2n) is 5.15. The fourth-order valence-electron chi connectivity index (χ4n) is 2.54. The smallest absolute Gasteiger partial charge is 0.372 e. The number of para-hydroxylation sites is 1. The third-order valence-corrected chi connectivity index (χ3v) is 4.39. The first-order chi connectivity index (χ1) is 11.1. The first-order valence-corrected chi connectivity index (χ1v) is 7.86. The molecule has 0 fully saturated rings. The molecule has 1 atom stereocenters. The highest BCUT2D eigenvalue weighted by Crippen LogP contribution is 2.32. The Bertz CT molecular complexity index is 983. The number of hydrogen-bond donors (Lipinski definition) is 1. The van der Waals surface area contributed by atoms with Crippen LogP contribution in [0.5, 0.6) is 0 Å². The van der Waals surface area contributed by atoms with E-state index < -0.39 is 4.92 Å². The van der Waals surface area contributed by atoms with E-state index in [0.717, 1.165) is 11.0 Å². The van der Waals surface area contributed by atoms with Crippen molar-refractivity contribution < 1.29 is 9.34 Å². The molecule has 0 aliphatic heterocycles. The minimum atomic E-state index is -0.430. The number of rotatable bonds is 4. The van der Waals surface area contributed by atoms with E-state index in [1.54, 1.807) is 11.6 Å². The molecule has 116 valence electrons. The van der Waals surface area contributed by atoms with Crippen LogP contribution in [0, 0.1) is 10.1 Å². The number of benzene rings is 1. The molecule has 0 spiro atoms. The molecule has 23 heavy (non-hydrogen) atoms. The van der Waals surface area contributed by atoms with Crippen LogP contribution in [0.2, 0.25) is 0 Å². The number of imidazole rings is 1. The molecular formula is C15H12N4O3S. The highest BCUT2D eigenvalue weighted by molar-refractivity contribution is 7.15. The van der Waals surface area contributed by atoms with E-state index in [9.17, 15) is 10.1 Å². The predicted molar refractivity (Wildman–Crippen MR) is 88.0 cm³/mol. The zero-order valence-corrected chi connectivity index (χ0v) is 12.9. The quantitative estimate of drug-likeness (QED) is 0.448. The SMILES string of the molecule is C[C@@H](Nc1nc2sccn2c1[N+](=O)[O-])c1cc2ccccc2o1. The Balaban J connectivity index is 1.70. The molecule has 3 heterocycles. The molecule has 3 aromatic heterocycles. The zero-order valence-electron chi connectivity index (χ0n) is 12.1. The third-order valence-electron chi connectivity index (χ3n) is 3.63. The van der Waals surface area contributed by atoms with Gasteiger partial charge in [-0.05, 0) is 24.0 Å². The Hall–Kier alpha value is -2.87. The molecule has 1 aromatic carbocycles. The van der Waals surface area contributed by atoms with Gasteiger partial charge in [-0.15, -0.1) is 0 Å². The molecular weight excluding hydrogens is 316 g/mol. The normalized spacial score (nSPS) is 12.7. The predicted octanol–water partition coefficient (Wildman–Crippen LogP) is 4.22. The molecule has 0 radical (unpaired) electrons. The van der Waals surface area contributed by atoms with Gasteiger partial charge in [0.1, 0.15) is 17.5 Å². The van der Waals surface area contributed by atoms with Crippen LogP contribution < -0.4 is 5.32 Å². The van der Waals surface area contributed by atoms with Gasteiger partial charge < -0.3 is 19.8 Å². The van der Waals surface area contributed by atoms with Crippen molar-refractivity contribution in [3.8, 4) is 0 Å². The van der Waals surface area contributed by atoms with E-state index in [0.29, 0.717) is 10.7 Å². The number of nitrogens with zero attached hydrogens (tertiary/aromatic N) is 3. The Labute approximate surface area is 134 Å². The minimum Gasteiger partial charge on any atom is -0.459 e. The lowest BCUT2D eigenvalue weighted by Gasteiger charge is -2.09. The van der Waals surface area contributed by atoms with Crippen molar-refractivity contribution in [3.63, 3.8) is 0 Å². The van der Waals surface area contributed by atoms with Gasteiger partial charge in [0, 0.05) is 10.8 Å². The largest absolute Gasteiger partial charge is 0.459 e. The molecule has 0 amide bonds. The second kappa shape index (κ2) is 5.10. The van der Waals surface area contributed by atoms with Gasteiger partial charge in [-0.1, -0.05) is 29.5 Å². The summed E-state index contributed by atoms with van der Waals surface area (Å²) in [7, 11) is 0. The van der Waals surface area contributed by atoms with Gasteiger partial charge in [-0.2, -0.15) is 9.38 Å². The van der Waals surface area contributed by atoms with Crippen LogP contribution >= 0.6 is 11.3 Å². The van der Waals surface area contributed by atoms with Gasteiger partial charge in [0.05, 0.1) is 6.04 Å². The number of fused-ring (bicyclic) bond motifs is 2. The number of hydrogen-bond acceptors (Lipinski definition) is 6. The van der Waals surface area contributed by atoms with Gasteiger partial charge in [-0.25, -0.2) is 0 Å². The first kappa shape index (κ1) is 13.8. The van der Waals surface area contributed by atoms with Gasteiger partial charge in [0.2, 0.25) is 5.82 Å². The van der Waals surface area contributed by atoms with Gasteiger partial charge in [0.25, 0.3) is 4.96 Å². The van der Waals surface area contributed by atoms with E-state index in [2.05, 4.69) is 10.3 Å². The average molecular weight is 328 g/mol. The molecule has 0 saturated heterocycles. The van der Waals surface area contributed by atoms with Crippen LogP contribution in [0.3, 0.4) is 0 Å². The van der Waals surface area contributed by atoms with Crippen molar-refractivity contribution in [1.29, 1.82) is 0 Å². The monoisotopic (exact) mass is 328 g/mol. The summed E-state index contributed by atoms with van der Waals surface area (Å²) in [5.74, 6) is 0.885. The van der Waals surface area contributed by atoms with Crippen LogP contribution in [-0.4, -0.2) is 14.3 Å². The fraction of sp³-hybridized carbons (Fsp3) is 0.133. The summed E-state index contributed by atoms with van der Waals surface area (Å²) in [4.78, 5) is 15.8. The summed E-state index contributed by atoms with van der Waals surface area (Å²) in [6.45, 7) is 1.88. The summed E-state index contributed by atoms with van der Waals surface area (Å²) in [5.41, 5.74) is 0.788. The fourth-order valence-corrected chi connectivity index (χ4v) is 3.25. The van der Waals surface area contributed by atoms with Crippen LogP contribution in [-0.2, 0) is 0 Å². The van der Waals surface area contributed by atoms with Crippen molar-refractivity contribution >= 4 is 38.9 Å². The number of thiazole rings is 1. The number of anilines is 1. The lowest BCUT2D eigenvalue weighted by molar-refractivity contribution is -0.389. The lowest BCUT2D eigenvalue weighted by atomic mass is 10.2. The highest BCUT2D eigenvalue weighted by atomic mass is 32.1. The van der Waals surface area contributed by atoms with Crippen molar-refractivity contribution in [2.45, 2.75) is 13.0 Å². The minimum absolute atomic E-state index is 0.0655. The maximum atomic E-state index is 11.3. The highest BCUT2D eigenvalue weighted by Gasteiger charge is 2.25. The van der Waals surface area contributed by atoms with Gasteiger partial charge >= 0.3 is 5.82 Å². The Morgan fingerprint density at radius 1 is 1.43 bits per heavy atom. The van der Waals surface area contributed by atoms with E-state index in [4.69, 9.17) is 4.42 Å². The maximum absolute atomic E-state index is 11.3. The number of nitro groups is 1. The maximum Gasteiger partial charge on any atom is 0.372 e. The lowest BCUT2D eigenvalue weighted by Crippen LogP contribution is -2.08. The summed E-state index contributed by atoms with van der Waals surface area (Å²) < 4.78 is 7.26. The van der Waals surface area contributed by atoms with Crippen molar-refractivity contribution in [3.05, 3.63) is 57.8 Å². The summed E-state index contributed by atoms with van der Waals surface area (Å²) in [5, 5.41) is 17.2. The summed E-state index contributed by atoms with van der Waals surface area (Å²) >= 11 is 1.35. The zero-order chi connectivity index (χ0) is 16.0. The summed E-state index contributed by atoms with van der Waals surface area (Å²) in [6, 6.07) is 9.38. The van der Waals surface area contributed by atoms with E-state index in [1.807, 2.05) is 37.3 Å². The Morgan fingerprint density at radius 2 is 2.26 bits per heavy atom. The van der Waals surface area contributed by atoms with Crippen molar-refractivity contribution in [1.82, 2.24) is 9.38 Å². The Morgan fingerprint density at radius 3 is 3.04 bits per heavy atom. The molecule has 0 aliphatic carbocycles. The molecule has 4 aromatic rings. The van der Waals surface area contributed by atoms with Gasteiger partial charge in [-0.3, -0.25) is 0 Å². The molecule has 0 unspecified atom stereocenters. The third kappa shape index (κ3) is 2.23. The molecule has 7 nitrogen and oxygen atoms in total. The van der Waals surface area contributed by atoms with Crippen molar-refractivity contribution in [2.24, 2.45) is 0 Å². The van der Waals surface area contributed by atoms with Crippen LogP contribution in [0.1, 0.15) is 18.7 Å². The molecule has 4 rings (SSSR count). The molecule has 0 aliphatic rings. The molecule has 0 bridgehead atoms. The van der Waals surface area contributed by atoms with E-state index >= 15 is 0 Å². The van der Waals surface area contributed by atoms with Crippen LogP contribution in [0.15, 0.2) is 46.3 Å². The number of furan rings is 1. The van der Waals surface area contributed by atoms with Crippen LogP contribution in [0.25, 0.3) is 15.9 Å². The topological polar surface area (TPSA) is 85.6 Å². The van der Waals surface area contributed by atoms with E-state index in [1.165, 1.54) is 15.7 Å². The number of aromatic nitrogens is 2. The summed E-state index contributed by atoms with van der Waals surface area (Å²) in [6.07, 6.45) is 1.64. The standard InChI is InChI=1S/C15H12N4O3S/c1-9(12-8-10-4-2-3-5-11(10)22-12)16-13-14(19(20)21)18-6-7-23-15(18)17-13/h2-9,16H,1H3/t9-/m1/s1. The average Bonchev–Trinajstić information content (AvgIpc) is 3.19. The van der Waals surface area contributed by atoms with Crippen molar-refractivity contribution in [2.75, 3.05) is 5.32 Å². The van der Waals surface area contributed by atoms with E-state index in [-0.39, 0.29) is 17.7 Å². The molecule has 1 N–H and O–H groups in total. The second-order valence-corrected chi connectivity index (χ2v) is 6.02. The molecule has 8 heteroatoms. The Kier molecular flexibility index (Phi) is 3.05. The van der Waals surface area contributed by atoms with Gasteiger partial charge in [0.15, 0.2) is 0 Å². The first-order valence-electron chi connectivity index (χ1n) is 6.98.